The average molecular weight is 465 g/mol. The van der Waals surface area contributed by atoms with Gasteiger partial charge in [-0.15, -0.1) is 0 Å². The molecule has 1 heterocycles. The lowest BCUT2D eigenvalue weighted by atomic mass is 10.2. The maximum atomic E-state index is 12.3. The SMILES string of the molecule is COc1cccc(C=NNC(=O)CSc2nc3ccccc3n2Cc2ccccc2Cl)c1. The lowest BCUT2D eigenvalue weighted by Gasteiger charge is -2.10. The van der Waals surface area contributed by atoms with Crippen molar-refractivity contribution in [3.05, 3.63) is 88.9 Å². The normalized spacial score (nSPS) is 11.2. The number of carbonyl (C=O) groups excluding carboxylic acids is 1. The van der Waals surface area contributed by atoms with E-state index >= 15 is 0 Å². The Morgan fingerprint density at radius 3 is 2.81 bits per heavy atom. The number of halogens is 1. The van der Waals surface area contributed by atoms with Crippen LogP contribution in [-0.2, 0) is 11.3 Å². The standard InChI is InChI=1S/C24H21ClN4O2S/c1-31-19-9-6-7-17(13-19)14-26-28-23(30)16-32-24-27-21-11-4-5-12-22(21)29(24)15-18-8-2-3-10-20(18)25/h2-14H,15-16H2,1H3,(H,28,30). The predicted molar refractivity (Wildman–Crippen MR) is 130 cm³/mol. The summed E-state index contributed by atoms with van der Waals surface area (Å²) in [5.41, 5.74) is 6.25. The number of hydrogen-bond donors (Lipinski definition) is 1. The highest BCUT2D eigenvalue weighted by Crippen LogP contribution is 2.27. The van der Waals surface area contributed by atoms with Crippen LogP contribution in [0.2, 0.25) is 5.02 Å². The Labute approximate surface area is 195 Å². The number of methoxy groups -OCH3 is 1. The van der Waals surface area contributed by atoms with Gasteiger partial charge in [-0.25, -0.2) is 10.4 Å². The maximum Gasteiger partial charge on any atom is 0.250 e. The Bertz CT molecular complexity index is 1270. The second kappa shape index (κ2) is 10.3. The highest BCUT2D eigenvalue weighted by atomic mass is 35.5. The van der Waals surface area contributed by atoms with Crippen molar-refractivity contribution in [2.75, 3.05) is 12.9 Å². The third kappa shape index (κ3) is 5.30. The number of aromatic nitrogens is 2. The minimum atomic E-state index is -0.217. The van der Waals surface area contributed by atoms with E-state index < -0.39 is 0 Å². The van der Waals surface area contributed by atoms with Gasteiger partial charge in [0.05, 0.1) is 36.7 Å². The van der Waals surface area contributed by atoms with Crippen molar-refractivity contribution in [3.8, 4) is 5.75 Å². The van der Waals surface area contributed by atoms with E-state index in [4.69, 9.17) is 21.3 Å². The smallest absolute Gasteiger partial charge is 0.250 e. The summed E-state index contributed by atoms with van der Waals surface area (Å²) < 4.78 is 7.26. The van der Waals surface area contributed by atoms with Gasteiger partial charge in [-0.3, -0.25) is 4.79 Å². The highest BCUT2D eigenvalue weighted by molar-refractivity contribution is 7.99. The van der Waals surface area contributed by atoms with Gasteiger partial charge in [-0.2, -0.15) is 5.10 Å². The molecule has 0 spiro atoms. The number of fused-ring (bicyclic) bond motifs is 1. The van der Waals surface area contributed by atoms with Crippen molar-refractivity contribution in [3.63, 3.8) is 0 Å². The molecule has 0 aliphatic rings. The fraction of sp³-hybridized carbons (Fsp3) is 0.125. The molecule has 0 radical (unpaired) electrons. The second-order valence-electron chi connectivity index (χ2n) is 6.92. The summed E-state index contributed by atoms with van der Waals surface area (Å²) in [6.45, 7) is 0.568. The van der Waals surface area contributed by atoms with Crippen LogP contribution in [0.1, 0.15) is 11.1 Å². The van der Waals surface area contributed by atoms with Gasteiger partial charge < -0.3 is 9.30 Å². The molecule has 1 amide bonds. The molecular formula is C24H21ClN4O2S. The number of nitrogens with zero attached hydrogens (tertiary/aromatic N) is 3. The van der Waals surface area contributed by atoms with Crippen molar-refractivity contribution in [1.82, 2.24) is 15.0 Å². The lowest BCUT2D eigenvalue weighted by molar-refractivity contribution is -0.118. The minimum Gasteiger partial charge on any atom is -0.497 e. The second-order valence-corrected chi connectivity index (χ2v) is 8.27. The van der Waals surface area contributed by atoms with Gasteiger partial charge in [0.15, 0.2) is 5.16 Å². The maximum absolute atomic E-state index is 12.3. The number of ether oxygens (including phenoxy) is 1. The molecule has 1 N–H and O–H groups in total. The van der Waals surface area contributed by atoms with Crippen LogP contribution in [0.5, 0.6) is 5.75 Å². The number of thioether (sulfide) groups is 1. The number of amides is 1. The van der Waals surface area contributed by atoms with Crippen molar-refractivity contribution in [2.24, 2.45) is 5.10 Å². The van der Waals surface area contributed by atoms with Gasteiger partial charge in [-0.1, -0.05) is 65.8 Å². The summed E-state index contributed by atoms with van der Waals surface area (Å²) >= 11 is 7.73. The first kappa shape index (κ1) is 21.9. The number of rotatable bonds is 8. The zero-order valence-electron chi connectivity index (χ0n) is 17.4. The summed E-state index contributed by atoms with van der Waals surface area (Å²) in [5, 5.41) is 5.48. The number of benzene rings is 3. The average Bonchev–Trinajstić information content (AvgIpc) is 3.16. The quantitative estimate of drug-likeness (QED) is 0.226. The van der Waals surface area contributed by atoms with E-state index in [-0.39, 0.29) is 11.7 Å². The Morgan fingerprint density at radius 2 is 1.97 bits per heavy atom. The van der Waals surface area contributed by atoms with Crippen LogP contribution in [-0.4, -0.2) is 34.5 Å². The van der Waals surface area contributed by atoms with E-state index in [0.29, 0.717) is 11.6 Å². The molecule has 0 fully saturated rings. The number of imidazole rings is 1. The van der Waals surface area contributed by atoms with Crippen LogP contribution in [0.4, 0.5) is 0 Å². The molecule has 0 saturated carbocycles. The number of hydrogen-bond acceptors (Lipinski definition) is 5. The molecule has 162 valence electrons. The molecule has 4 rings (SSSR count). The fourth-order valence-electron chi connectivity index (χ4n) is 3.18. The molecule has 0 saturated heterocycles. The van der Waals surface area contributed by atoms with Crippen LogP contribution in [0.15, 0.2) is 83.1 Å². The van der Waals surface area contributed by atoms with Gasteiger partial charge in [0.1, 0.15) is 5.75 Å². The van der Waals surface area contributed by atoms with Crippen molar-refractivity contribution in [1.29, 1.82) is 0 Å². The number of carbonyl (C=O) groups is 1. The third-order valence-electron chi connectivity index (χ3n) is 4.73. The molecule has 0 atom stereocenters. The van der Waals surface area contributed by atoms with E-state index in [0.717, 1.165) is 33.1 Å². The first-order valence-electron chi connectivity index (χ1n) is 9.91. The minimum absolute atomic E-state index is 0.182. The summed E-state index contributed by atoms with van der Waals surface area (Å²) in [7, 11) is 1.61. The number of hydrazone groups is 1. The van der Waals surface area contributed by atoms with E-state index in [2.05, 4.69) is 15.1 Å². The zero-order valence-corrected chi connectivity index (χ0v) is 18.9. The molecule has 8 heteroatoms. The molecule has 4 aromatic rings. The Kier molecular flexibility index (Phi) is 7.09. The van der Waals surface area contributed by atoms with Crippen LogP contribution in [0.3, 0.4) is 0 Å². The molecule has 0 aliphatic carbocycles. The van der Waals surface area contributed by atoms with E-state index in [1.807, 2.05) is 72.8 Å². The molecule has 3 aromatic carbocycles. The Hall–Kier alpha value is -3.29. The van der Waals surface area contributed by atoms with E-state index in [1.54, 1.807) is 13.3 Å². The molecule has 6 nitrogen and oxygen atoms in total. The van der Waals surface area contributed by atoms with Gasteiger partial charge in [0.25, 0.3) is 5.91 Å². The van der Waals surface area contributed by atoms with E-state index in [9.17, 15) is 4.79 Å². The molecule has 1 aromatic heterocycles. The van der Waals surface area contributed by atoms with Crippen LogP contribution in [0.25, 0.3) is 11.0 Å². The van der Waals surface area contributed by atoms with Crippen LogP contribution in [0, 0.1) is 0 Å². The summed E-state index contributed by atoms with van der Waals surface area (Å²) in [6, 6.07) is 23.1. The first-order valence-corrected chi connectivity index (χ1v) is 11.3. The zero-order chi connectivity index (χ0) is 22.3. The van der Waals surface area contributed by atoms with Crippen molar-refractivity contribution < 1.29 is 9.53 Å². The summed E-state index contributed by atoms with van der Waals surface area (Å²) in [4.78, 5) is 17.0. The Balaban J connectivity index is 1.45. The number of para-hydroxylation sites is 2. The molecule has 0 aliphatic heterocycles. The van der Waals surface area contributed by atoms with Crippen molar-refractivity contribution in [2.45, 2.75) is 11.7 Å². The van der Waals surface area contributed by atoms with Gasteiger partial charge in [-0.05, 0) is 41.5 Å². The lowest BCUT2D eigenvalue weighted by Crippen LogP contribution is -2.20. The third-order valence-corrected chi connectivity index (χ3v) is 6.08. The molecule has 32 heavy (non-hydrogen) atoms. The van der Waals surface area contributed by atoms with E-state index in [1.165, 1.54) is 11.8 Å². The number of nitrogens with one attached hydrogen (secondary N) is 1. The Morgan fingerprint density at radius 1 is 1.16 bits per heavy atom. The van der Waals surface area contributed by atoms with Crippen LogP contribution < -0.4 is 10.2 Å². The van der Waals surface area contributed by atoms with Gasteiger partial charge in [0.2, 0.25) is 0 Å². The van der Waals surface area contributed by atoms with Gasteiger partial charge >= 0.3 is 0 Å². The fourth-order valence-corrected chi connectivity index (χ4v) is 4.18. The molecule has 0 unspecified atom stereocenters. The molecular weight excluding hydrogens is 444 g/mol. The van der Waals surface area contributed by atoms with Crippen LogP contribution >= 0.6 is 23.4 Å². The first-order chi connectivity index (χ1) is 15.6. The topological polar surface area (TPSA) is 68.5 Å². The predicted octanol–water partition coefficient (Wildman–Crippen LogP) is 4.99. The van der Waals surface area contributed by atoms with Gasteiger partial charge in [0, 0.05) is 5.02 Å². The summed E-state index contributed by atoms with van der Waals surface area (Å²) in [6.07, 6.45) is 1.58. The summed E-state index contributed by atoms with van der Waals surface area (Å²) in [5.74, 6) is 0.695. The largest absolute Gasteiger partial charge is 0.497 e. The highest BCUT2D eigenvalue weighted by Gasteiger charge is 2.14. The van der Waals surface area contributed by atoms with Crippen molar-refractivity contribution >= 4 is 46.5 Å². The monoisotopic (exact) mass is 464 g/mol. The molecule has 0 bridgehead atoms.